The first kappa shape index (κ1) is 14.8. The van der Waals surface area contributed by atoms with E-state index in [9.17, 15) is 9.59 Å². The second-order valence-corrected chi connectivity index (χ2v) is 4.96. The van der Waals surface area contributed by atoms with E-state index in [0.717, 1.165) is 11.3 Å². The zero-order chi connectivity index (χ0) is 15.2. The summed E-state index contributed by atoms with van der Waals surface area (Å²) in [6.45, 7) is 3.94. The van der Waals surface area contributed by atoms with Crippen LogP contribution in [0.15, 0.2) is 48.4 Å². The van der Waals surface area contributed by atoms with Gasteiger partial charge < -0.3 is 15.2 Å². The molecule has 0 spiro atoms. The maximum absolute atomic E-state index is 12.1. The highest BCUT2D eigenvalue weighted by Gasteiger charge is 2.14. The molecule has 21 heavy (non-hydrogen) atoms. The molecule has 0 unspecified atom stereocenters. The van der Waals surface area contributed by atoms with Crippen LogP contribution in [0.3, 0.4) is 0 Å². The van der Waals surface area contributed by atoms with Gasteiger partial charge in [0.15, 0.2) is 0 Å². The Hall–Kier alpha value is -2.60. The van der Waals surface area contributed by atoms with Crippen molar-refractivity contribution in [2.24, 2.45) is 0 Å². The normalized spacial score (nSPS) is 9.90. The van der Waals surface area contributed by atoms with Crippen molar-refractivity contribution in [3.05, 3.63) is 58.8 Å². The van der Waals surface area contributed by atoms with Crippen molar-refractivity contribution in [3.63, 3.8) is 0 Å². The standard InChI is InChI=1S/C15H13NO4S/c1-2-8-20-11-5-3-10(4-6-11)14(17)16-12-7-9-21-13(12)15(18)19/h2-7,9H,1,8H2,(H,16,17)(H,18,19). The lowest BCUT2D eigenvalue weighted by Gasteiger charge is -2.06. The van der Waals surface area contributed by atoms with E-state index < -0.39 is 5.97 Å². The largest absolute Gasteiger partial charge is 0.490 e. The van der Waals surface area contributed by atoms with Crippen LogP contribution >= 0.6 is 11.3 Å². The zero-order valence-corrected chi connectivity index (χ0v) is 11.9. The zero-order valence-electron chi connectivity index (χ0n) is 11.0. The van der Waals surface area contributed by atoms with Crippen LogP contribution in [0.2, 0.25) is 0 Å². The van der Waals surface area contributed by atoms with E-state index in [1.54, 1.807) is 41.8 Å². The minimum absolute atomic E-state index is 0.106. The molecule has 0 aliphatic carbocycles. The lowest BCUT2D eigenvalue weighted by Crippen LogP contribution is -2.13. The lowest BCUT2D eigenvalue weighted by atomic mass is 10.2. The first-order valence-corrected chi connectivity index (χ1v) is 6.95. The van der Waals surface area contributed by atoms with E-state index in [2.05, 4.69) is 11.9 Å². The molecular weight excluding hydrogens is 290 g/mol. The number of rotatable bonds is 6. The van der Waals surface area contributed by atoms with Gasteiger partial charge in [-0.2, -0.15) is 0 Å². The maximum Gasteiger partial charge on any atom is 0.348 e. The summed E-state index contributed by atoms with van der Waals surface area (Å²) in [6.07, 6.45) is 1.63. The number of carbonyl (C=O) groups is 2. The number of nitrogens with one attached hydrogen (secondary N) is 1. The minimum atomic E-state index is -1.06. The Morgan fingerprint density at radius 1 is 1.29 bits per heavy atom. The van der Waals surface area contributed by atoms with Gasteiger partial charge in [0.2, 0.25) is 0 Å². The quantitative estimate of drug-likeness (QED) is 0.803. The molecule has 6 heteroatoms. The molecule has 1 heterocycles. The van der Waals surface area contributed by atoms with Crippen molar-refractivity contribution in [1.82, 2.24) is 0 Å². The number of carboxylic acid groups (broad SMARTS) is 1. The van der Waals surface area contributed by atoms with Crippen LogP contribution in [0.5, 0.6) is 5.75 Å². The Morgan fingerprint density at radius 2 is 2.00 bits per heavy atom. The molecule has 1 aromatic carbocycles. The number of thiophene rings is 1. The van der Waals surface area contributed by atoms with Crippen LogP contribution in [-0.4, -0.2) is 23.6 Å². The molecule has 2 N–H and O–H groups in total. The molecule has 1 amide bonds. The van der Waals surface area contributed by atoms with Gasteiger partial charge in [-0.05, 0) is 35.7 Å². The number of carbonyl (C=O) groups excluding carboxylic acids is 1. The molecule has 2 rings (SSSR count). The number of amides is 1. The van der Waals surface area contributed by atoms with Crippen molar-refractivity contribution in [1.29, 1.82) is 0 Å². The third-order valence-electron chi connectivity index (χ3n) is 2.59. The fourth-order valence-corrected chi connectivity index (χ4v) is 2.31. The number of benzene rings is 1. The van der Waals surface area contributed by atoms with Gasteiger partial charge in [-0.3, -0.25) is 4.79 Å². The minimum Gasteiger partial charge on any atom is -0.490 e. The average Bonchev–Trinajstić information content (AvgIpc) is 2.94. The number of aromatic carboxylic acids is 1. The highest BCUT2D eigenvalue weighted by molar-refractivity contribution is 7.12. The summed E-state index contributed by atoms with van der Waals surface area (Å²) >= 11 is 1.06. The van der Waals surface area contributed by atoms with Gasteiger partial charge in [0.25, 0.3) is 5.91 Å². The monoisotopic (exact) mass is 303 g/mol. The predicted octanol–water partition coefficient (Wildman–Crippen LogP) is 3.26. The van der Waals surface area contributed by atoms with Gasteiger partial charge >= 0.3 is 5.97 Å². The van der Waals surface area contributed by atoms with Crippen molar-refractivity contribution >= 4 is 28.9 Å². The third-order valence-corrected chi connectivity index (χ3v) is 3.49. The molecule has 108 valence electrons. The van der Waals surface area contributed by atoms with Crippen LogP contribution in [0.25, 0.3) is 0 Å². The van der Waals surface area contributed by atoms with Crippen molar-refractivity contribution < 1.29 is 19.4 Å². The topological polar surface area (TPSA) is 75.6 Å². The van der Waals surface area contributed by atoms with Crippen molar-refractivity contribution in [2.45, 2.75) is 0 Å². The van der Waals surface area contributed by atoms with Crippen LogP contribution in [0, 0.1) is 0 Å². The summed E-state index contributed by atoms with van der Waals surface area (Å²) < 4.78 is 5.32. The molecule has 0 aliphatic heterocycles. The molecule has 0 aliphatic rings. The van der Waals surface area contributed by atoms with E-state index in [4.69, 9.17) is 9.84 Å². The SMILES string of the molecule is C=CCOc1ccc(C(=O)Nc2ccsc2C(=O)O)cc1. The predicted molar refractivity (Wildman–Crippen MR) is 81.4 cm³/mol. The second-order valence-electron chi connectivity index (χ2n) is 4.05. The van der Waals surface area contributed by atoms with E-state index in [1.807, 2.05) is 0 Å². The van der Waals surface area contributed by atoms with Gasteiger partial charge in [0.05, 0.1) is 5.69 Å². The summed E-state index contributed by atoms with van der Waals surface area (Å²) in [5.41, 5.74) is 0.716. The van der Waals surface area contributed by atoms with Crippen molar-refractivity contribution in [3.8, 4) is 5.75 Å². The number of anilines is 1. The van der Waals surface area contributed by atoms with Crippen LogP contribution in [0.4, 0.5) is 5.69 Å². The average molecular weight is 303 g/mol. The number of carboxylic acids is 1. The van der Waals surface area contributed by atoms with Crippen LogP contribution in [0.1, 0.15) is 20.0 Å². The Bertz CT molecular complexity index is 661. The van der Waals surface area contributed by atoms with Crippen LogP contribution in [-0.2, 0) is 0 Å². The molecule has 0 fully saturated rings. The summed E-state index contributed by atoms with van der Waals surface area (Å²) in [7, 11) is 0. The molecule has 0 radical (unpaired) electrons. The molecular formula is C15H13NO4S. The van der Waals surface area contributed by atoms with E-state index in [1.165, 1.54) is 0 Å². The maximum atomic E-state index is 12.1. The molecule has 1 aromatic heterocycles. The number of hydrogen-bond donors (Lipinski definition) is 2. The van der Waals surface area contributed by atoms with Gasteiger partial charge in [-0.25, -0.2) is 4.79 Å². The summed E-state index contributed by atoms with van der Waals surface area (Å²) in [5, 5.41) is 13.2. The summed E-state index contributed by atoms with van der Waals surface area (Å²) in [6, 6.07) is 8.13. The Morgan fingerprint density at radius 3 is 2.62 bits per heavy atom. The highest BCUT2D eigenvalue weighted by atomic mass is 32.1. The van der Waals surface area contributed by atoms with Gasteiger partial charge in [0.1, 0.15) is 17.2 Å². The summed E-state index contributed by atoms with van der Waals surface area (Å²) in [4.78, 5) is 23.1. The van der Waals surface area contributed by atoms with E-state index >= 15 is 0 Å². The Labute approximate surface area is 125 Å². The van der Waals surface area contributed by atoms with Gasteiger partial charge in [0, 0.05) is 5.56 Å². The molecule has 0 atom stereocenters. The fraction of sp³-hybridized carbons (Fsp3) is 0.0667. The number of hydrogen-bond acceptors (Lipinski definition) is 4. The van der Waals surface area contributed by atoms with E-state index in [0.29, 0.717) is 23.6 Å². The molecule has 5 nitrogen and oxygen atoms in total. The fourth-order valence-electron chi connectivity index (χ4n) is 1.63. The molecule has 0 saturated carbocycles. The smallest absolute Gasteiger partial charge is 0.348 e. The number of ether oxygens (including phenoxy) is 1. The molecule has 0 saturated heterocycles. The first-order valence-electron chi connectivity index (χ1n) is 6.07. The lowest BCUT2D eigenvalue weighted by molar-refractivity contribution is 0.0703. The van der Waals surface area contributed by atoms with Gasteiger partial charge in [-0.1, -0.05) is 12.7 Å². The van der Waals surface area contributed by atoms with Gasteiger partial charge in [-0.15, -0.1) is 11.3 Å². The molecule has 0 bridgehead atoms. The third kappa shape index (κ3) is 3.70. The Kier molecular flexibility index (Phi) is 4.73. The highest BCUT2D eigenvalue weighted by Crippen LogP contribution is 2.23. The first-order chi connectivity index (χ1) is 10.1. The van der Waals surface area contributed by atoms with Crippen LogP contribution < -0.4 is 10.1 Å². The second kappa shape index (κ2) is 6.71. The Balaban J connectivity index is 2.08. The molecule has 2 aromatic rings. The van der Waals surface area contributed by atoms with E-state index in [-0.39, 0.29) is 10.8 Å². The summed E-state index contributed by atoms with van der Waals surface area (Å²) in [5.74, 6) is -0.798. The van der Waals surface area contributed by atoms with Crippen molar-refractivity contribution in [2.75, 3.05) is 11.9 Å².